The molecule has 32 heavy (non-hydrogen) atoms. The third-order valence-electron chi connectivity index (χ3n) is 11.1. The maximum Gasteiger partial charge on any atom is 0.305 e. The highest BCUT2D eigenvalue weighted by Gasteiger charge is 2.63. The van der Waals surface area contributed by atoms with Gasteiger partial charge in [-0.1, -0.05) is 20.8 Å². The van der Waals surface area contributed by atoms with Crippen LogP contribution in [0.2, 0.25) is 0 Å². The number of nitrogens with one attached hydrogen (secondary N) is 1. The monoisotopic (exact) mass is 449 g/mol. The summed E-state index contributed by atoms with van der Waals surface area (Å²) in [5.74, 6) is 3.55. The van der Waals surface area contributed by atoms with E-state index in [2.05, 4.69) is 26.1 Å². The number of methoxy groups -OCH3 is 1. The Labute approximate surface area is 195 Å². The largest absolute Gasteiger partial charge is 0.469 e. The minimum absolute atomic E-state index is 0.0141. The van der Waals surface area contributed by atoms with Crippen LogP contribution in [0.5, 0.6) is 0 Å². The van der Waals surface area contributed by atoms with E-state index in [1.165, 1.54) is 52.1 Å². The van der Waals surface area contributed by atoms with Gasteiger partial charge in [-0.2, -0.15) is 0 Å². The fraction of sp³-hybridized carbons (Fsp3) is 0.963. The van der Waals surface area contributed by atoms with Crippen LogP contribution in [-0.4, -0.2) is 48.6 Å². The summed E-state index contributed by atoms with van der Waals surface area (Å²) in [7, 11) is 1.47. The highest BCUT2D eigenvalue weighted by atomic mass is 16.5. The summed E-state index contributed by atoms with van der Waals surface area (Å²) in [6.45, 7) is 8.13. The molecule has 4 rings (SSSR count). The average molecular weight is 450 g/mol. The predicted molar refractivity (Wildman–Crippen MR) is 126 cm³/mol. The molecule has 0 saturated heterocycles. The quantitative estimate of drug-likeness (QED) is 0.509. The van der Waals surface area contributed by atoms with Crippen molar-refractivity contribution < 1.29 is 19.7 Å². The van der Waals surface area contributed by atoms with Gasteiger partial charge in [0.2, 0.25) is 0 Å². The van der Waals surface area contributed by atoms with Crippen LogP contribution in [0.4, 0.5) is 0 Å². The number of esters is 1. The van der Waals surface area contributed by atoms with Gasteiger partial charge in [0.25, 0.3) is 0 Å². The van der Waals surface area contributed by atoms with E-state index >= 15 is 0 Å². The number of carbonyl (C=O) groups is 1. The summed E-state index contributed by atoms with van der Waals surface area (Å²) in [5, 5.41) is 24.4. The highest BCUT2D eigenvalue weighted by molar-refractivity contribution is 5.69. The van der Waals surface area contributed by atoms with Gasteiger partial charge < -0.3 is 20.3 Å². The molecule has 4 saturated carbocycles. The first-order valence-corrected chi connectivity index (χ1v) is 13.3. The first-order valence-electron chi connectivity index (χ1n) is 13.3. The highest BCUT2D eigenvalue weighted by Crippen LogP contribution is 2.68. The Hall–Kier alpha value is -0.650. The number of fused-ring (bicyclic) bond motifs is 5. The molecule has 0 radical (unpaired) electrons. The van der Waals surface area contributed by atoms with E-state index in [4.69, 9.17) is 4.74 Å². The molecule has 3 N–H and O–H groups in total. The number of ether oxygens (including phenoxy) is 1. The van der Waals surface area contributed by atoms with Crippen molar-refractivity contribution in [3.8, 4) is 0 Å². The molecule has 4 unspecified atom stereocenters. The molecule has 5 heteroatoms. The van der Waals surface area contributed by atoms with Crippen LogP contribution >= 0.6 is 0 Å². The van der Waals surface area contributed by atoms with Crippen LogP contribution in [0.1, 0.15) is 85.0 Å². The van der Waals surface area contributed by atoms with Crippen molar-refractivity contribution in [1.82, 2.24) is 5.32 Å². The van der Waals surface area contributed by atoms with Crippen LogP contribution in [0.15, 0.2) is 0 Å². The van der Waals surface area contributed by atoms with Crippen molar-refractivity contribution in [2.75, 3.05) is 20.3 Å². The molecule has 184 valence electrons. The Kier molecular flexibility index (Phi) is 7.30. The molecule has 0 aliphatic heterocycles. The molecule has 4 aliphatic carbocycles. The summed E-state index contributed by atoms with van der Waals surface area (Å²) >= 11 is 0. The van der Waals surface area contributed by atoms with Crippen LogP contribution in [0, 0.1) is 46.3 Å². The van der Waals surface area contributed by atoms with E-state index < -0.39 is 0 Å². The second-order valence-electron chi connectivity index (χ2n) is 12.2. The predicted octanol–water partition coefficient (Wildman–Crippen LogP) is 4.16. The van der Waals surface area contributed by atoms with Crippen molar-refractivity contribution >= 4 is 5.97 Å². The van der Waals surface area contributed by atoms with Gasteiger partial charge in [0, 0.05) is 19.0 Å². The van der Waals surface area contributed by atoms with E-state index in [1.807, 2.05) is 0 Å². The minimum Gasteiger partial charge on any atom is -0.469 e. The summed E-state index contributed by atoms with van der Waals surface area (Å²) in [6.07, 6.45) is 10.8. The first-order chi connectivity index (χ1) is 15.3. The van der Waals surface area contributed by atoms with E-state index in [1.54, 1.807) is 0 Å². The number of rotatable bonds is 7. The molecule has 0 amide bonds. The van der Waals surface area contributed by atoms with Crippen LogP contribution in [-0.2, 0) is 9.53 Å². The summed E-state index contributed by atoms with van der Waals surface area (Å²) in [4.78, 5) is 11.7. The Morgan fingerprint density at radius 2 is 1.91 bits per heavy atom. The third kappa shape index (κ3) is 4.05. The molecular weight excluding hydrogens is 402 g/mol. The smallest absolute Gasteiger partial charge is 0.305 e. The number of hydrogen-bond acceptors (Lipinski definition) is 5. The zero-order valence-electron chi connectivity index (χ0n) is 20.8. The van der Waals surface area contributed by atoms with Gasteiger partial charge in [0.15, 0.2) is 0 Å². The van der Waals surface area contributed by atoms with Crippen molar-refractivity contribution in [3.05, 3.63) is 0 Å². The molecule has 4 aliphatic rings. The molecule has 0 aromatic rings. The molecular formula is C27H47NO4. The zero-order chi connectivity index (χ0) is 23.1. The van der Waals surface area contributed by atoms with Crippen molar-refractivity contribution in [2.24, 2.45) is 46.3 Å². The van der Waals surface area contributed by atoms with Gasteiger partial charge in [0.1, 0.15) is 0 Å². The average Bonchev–Trinajstić information content (AvgIpc) is 3.15. The van der Waals surface area contributed by atoms with E-state index in [9.17, 15) is 15.0 Å². The number of carbonyl (C=O) groups excluding carboxylic acids is 1. The minimum atomic E-state index is -0.234. The molecule has 5 nitrogen and oxygen atoms in total. The lowest BCUT2D eigenvalue weighted by Gasteiger charge is -2.62. The van der Waals surface area contributed by atoms with Gasteiger partial charge >= 0.3 is 5.97 Å². The van der Waals surface area contributed by atoms with E-state index in [-0.39, 0.29) is 24.1 Å². The van der Waals surface area contributed by atoms with Crippen molar-refractivity contribution in [2.45, 2.75) is 97.1 Å². The molecule has 4 fully saturated rings. The molecule has 0 aromatic carbocycles. The SMILES string of the molecule is COC(=O)CC[C@@H](C)C1CCC2C3CC[C@@H]4C[C@@H](NCCO)CC[C@]4(C)C3C[C@H](O)[C@@]21C. The van der Waals surface area contributed by atoms with Gasteiger partial charge in [0.05, 0.1) is 19.8 Å². The maximum atomic E-state index is 11.7. The Bertz CT molecular complexity index is 670. The Balaban J connectivity index is 1.48. The van der Waals surface area contributed by atoms with Crippen LogP contribution < -0.4 is 5.32 Å². The zero-order valence-corrected chi connectivity index (χ0v) is 20.8. The molecule has 0 bridgehead atoms. The standard InChI is InChI=1S/C27H47NO4/c1-17(5-10-25(31)32-4)21-8-9-22-20-7-6-18-15-19(28-13-14-29)11-12-26(18,2)23(20)16-24(30)27(21,22)3/h17-24,28-30H,5-16H2,1-4H3/t17-,18-,19+,20?,21?,22?,23?,24+,26+,27-/m1/s1. The normalized spacial score (nSPS) is 46.6. The lowest BCUT2D eigenvalue weighted by molar-refractivity contribution is -0.170. The van der Waals surface area contributed by atoms with Gasteiger partial charge in [-0.05, 0) is 104 Å². The summed E-state index contributed by atoms with van der Waals surface area (Å²) < 4.78 is 4.87. The van der Waals surface area contributed by atoms with Gasteiger partial charge in [-0.25, -0.2) is 0 Å². The summed E-state index contributed by atoms with van der Waals surface area (Å²) in [5.41, 5.74) is 0.330. The lowest BCUT2D eigenvalue weighted by atomic mass is 9.43. The topological polar surface area (TPSA) is 78.8 Å². The third-order valence-corrected chi connectivity index (χ3v) is 11.1. The van der Waals surface area contributed by atoms with Crippen LogP contribution in [0.3, 0.4) is 0 Å². The summed E-state index contributed by atoms with van der Waals surface area (Å²) in [6, 6.07) is 0.544. The molecule has 10 atom stereocenters. The van der Waals surface area contributed by atoms with Crippen molar-refractivity contribution in [1.29, 1.82) is 0 Å². The number of aliphatic hydroxyl groups is 2. The first kappa shape index (κ1) is 24.5. The number of aliphatic hydroxyl groups excluding tert-OH is 2. The second kappa shape index (κ2) is 9.54. The van der Waals surface area contributed by atoms with Gasteiger partial charge in [-0.3, -0.25) is 4.79 Å². The second-order valence-corrected chi connectivity index (χ2v) is 12.2. The fourth-order valence-corrected chi connectivity index (χ4v) is 9.29. The molecule has 0 spiro atoms. The maximum absolute atomic E-state index is 11.7. The van der Waals surface area contributed by atoms with Gasteiger partial charge in [-0.15, -0.1) is 0 Å². The Morgan fingerprint density at radius 1 is 1.12 bits per heavy atom. The molecule has 0 heterocycles. The lowest BCUT2D eigenvalue weighted by Crippen LogP contribution is -2.59. The van der Waals surface area contributed by atoms with Crippen molar-refractivity contribution in [3.63, 3.8) is 0 Å². The van der Waals surface area contributed by atoms with Crippen LogP contribution in [0.25, 0.3) is 0 Å². The van der Waals surface area contributed by atoms with E-state index in [0.717, 1.165) is 24.7 Å². The number of hydrogen-bond donors (Lipinski definition) is 3. The van der Waals surface area contributed by atoms with E-state index in [0.29, 0.717) is 48.1 Å². The fourth-order valence-electron chi connectivity index (χ4n) is 9.29. The molecule has 0 aromatic heterocycles. The Morgan fingerprint density at radius 3 is 2.62 bits per heavy atom.